The maximum atomic E-state index is 5.80. The second kappa shape index (κ2) is 6.12. The summed E-state index contributed by atoms with van der Waals surface area (Å²) < 4.78 is 5.80. The molecule has 0 bridgehead atoms. The summed E-state index contributed by atoms with van der Waals surface area (Å²) in [6.45, 7) is 2.94. The minimum absolute atomic E-state index is 0.353. The van der Waals surface area contributed by atoms with Crippen molar-refractivity contribution in [2.75, 3.05) is 13.7 Å². The highest BCUT2D eigenvalue weighted by Crippen LogP contribution is 2.24. The third kappa shape index (κ3) is 3.51. The Balaban J connectivity index is 1.97. The molecular weight excluding hydrogens is 212 g/mol. The van der Waals surface area contributed by atoms with Gasteiger partial charge in [-0.15, -0.1) is 0 Å². The van der Waals surface area contributed by atoms with Crippen LogP contribution in [0.4, 0.5) is 0 Å². The first-order valence-electron chi connectivity index (χ1n) is 6.51. The summed E-state index contributed by atoms with van der Waals surface area (Å²) in [5.41, 5.74) is 2.32. The van der Waals surface area contributed by atoms with Crippen LogP contribution >= 0.6 is 0 Å². The molecule has 0 radical (unpaired) electrons. The van der Waals surface area contributed by atoms with Crippen LogP contribution < -0.4 is 5.32 Å². The minimum atomic E-state index is 0.353. The molecule has 0 aromatic carbocycles. The standard InChI is InChI=1S/C14H22N2O/c1-11-6-7-12(10-16-11)14(15-2)9-13-5-3-4-8-17-13/h6-7,10,13-15H,3-5,8-9H2,1-2H3. The molecule has 1 N–H and O–H groups in total. The van der Waals surface area contributed by atoms with Gasteiger partial charge in [-0.3, -0.25) is 4.98 Å². The summed E-state index contributed by atoms with van der Waals surface area (Å²) in [6.07, 6.45) is 7.13. The first kappa shape index (κ1) is 12.5. The van der Waals surface area contributed by atoms with Crippen molar-refractivity contribution in [2.24, 2.45) is 0 Å². The lowest BCUT2D eigenvalue weighted by Gasteiger charge is -2.27. The van der Waals surface area contributed by atoms with Crippen LogP contribution in [0.25, 0.3) is 0 Å². The summed E-state index contributed by atoms with van der Waals surface area (Å²) >= 11 is 0. The van der Waals surface area contributed by atoms with Gasteiger partial charge in [0.2, 0.25) is 0 Å². The van der Waals surface area contributed by atoms with Gasteiger partial charge in [0, 0.05) is 24.5 Å². The minimum Gasteiger partial charge on any atom is -0.378 e. The summed E-state index contributed by atoms with van der Waals surface area (Å²) in [6, 6.07) is 4.58. The van der Waals surface area contributed by atoms with Crippen molar-refractivity contribution in [2.45, 2.75) is 44.8 Å². The Morgan fingerprint density at radius 1 is 1.47 bits per heavy atom. The summed E-state index contributed by atoms with van der Waals surface area (Å²) in [4.78, 5) is 4.36. The van der Waals surface area contributed by atoms with Crippen LogP contribution in [-0.2, 0) is 4.74 Å². The molecule has 1 aromatic rings. The van der Waals surface area contributed by atoms with Gasteiger partial charge in [-0.2, -0.15) is 0 Å². The van der Waals surface area contributed by atoms with E-state index in [1.807, 2.05) is 20.2 Å². The number of aromatic nitrogens is 1. The van der Waals surface area contributed by atoms with E-state index in [4.69, 9.17) is 4.74 Å². The van der Waals surface area contributed by atoms with E-state index in [0.29, 0.717) is 12.1 Å². The fourth-order valence-electron chi connectivity index (χ4n) is 2.36. The summed E-state index contributed by atoms with van der Waals surface area (Å²) in [7, 11) is 2.01. The molecule has 2 atom stereocenters. The van der Waals surface area contributed by atoms with Crippen molar-refractivity contribution < 1.29 is 4.74 Å². The fraction of sp³-hybridized carbons (Fsp3) is 0.643. The van der Waals surface area contributed by atoms with E-state index < -0.39 is 0 Å². The molecule has 0 spiro atoms. The van der Waals surface area contributed by atoms with E-state index in [-0.39, 0.29) is 0 Å². The maximum absolute atomic E-state index is 5.80. The average molecular weight is 234 g/mol. The Kier molecular flexibility index (Phi) is 4.51. The Morgan fingerprint density at radius 2 is 2.35 bits per heavy atom. The van der Waals surface area contributed by atoms with E-state index in [1.54, 1.807) is 0 Å². The molecular formula is C14H22N2O. The number of ether oxygens (including phenoxy) is 1. The normalized spacial score (nSPS) is 22.4. The second-order valence-corrected chi connectivity index (χ2v) is 4.80. The predicted molar refractivity (Wildman–Crippen MR) is 69.0 cm³/mol. The zero-order valence-electron chi connectivity index (χ0n) is 10.8. The van der Waals surface area contributed by atoms with Gasteiger partial charge in [0.1, 0.15) is 0 Å². The number of hydrogen-bond donors (Lipinski definition) is 1. The molecule has 1 aliphatic heterocycles. The van der Waals surface area contributed by atoms with Gasteiger partial charge in [0.25, 0.3) is 0 Å². The zero-order valence-corrected chi connectivity index (χ0v) is 10.8. The lowest BCUT2D eigenvalue weighted by atomic mass is 9.97. The maximum Gasteiger partial charge on any atom is 0.0593 e. The molecule has 0 aliphatic carbocycles. The number of aryl methyl sites for hydroxylation is 1. The Bertz CT molecular complexity index is 331. The molecule has 1 aromatic heterocycles. The van der Waals surface area contributed by atoms with Gasteiger partial charge < -0.3 is 10.1 Å². The molecule has 17 heavy (non-hydrogen) atoms. The summed E-state index contributed by atoms with van der Waals surface area (Å²) in [5.74, 6) is 0. The Morgan fingerprint density at radius 3 is 2.94 bits per heavy atom. The van der Waals surface area contributed by atoms with Crippen molar-refractivity contribution in [3.05, 3.63) is 29.6 Å². The van der Waals surface area contributed by atoms with Crippen LogP contribution in [0.5, 0.6) is 0 Å². The first-order valence-corrected chi connectivity index (χ1v) is 6.51. The van der Waals surface area contributed by atoms with Crippen LogP contribution in [0.1, 0.15) is 43.0 Å². The quantitative estimate of drug-likeness (QED) is 0.869. The Hall–Kier alpha value is -0.930. The zero-order chi connectivity index (χ0) is 12.1. The van der Waals surface area contributed by atoms with Crippen LogP contribution in [0.2, 0.25) is 0 Å². The monoisotopic (exact) mass is 234 g/mol. The van der Waals surface area contributed by atoms with Crippen molar-refractivity contribution in [1.29, 1.82) is 0 Å². The molecule has 3 nitrogen and oxygen atoms in total. The molecule has 1 aliphatic rings. The largest absolute Gasteiger partial charge is 0.378 e. The molecule has 3 heteroatoms. The van der Waals surface area contributed by atoms with E-state index in [2.05, 4.69) is 22.4 Å². The molecule has 2 unspecified atom stereocenters. The number of rotatable bonds is 4. The summed E-state index contributed by atoms with van der Waals surface area (Å²) in [5, 5.41) is 3.37. The highest BCUT2D eigenvalue weighted by atomic mass is 16.5. The number of hydrogen-bond acceptors (Lipinski definition) is 3. The SMILES string of the molecule is CNC(CC1CCCCO1)c1ccc(C)nc1. The van der Waals surface area contributed by atoms with E-state index >= 15 is 0 Å². The molecule has 1 saturated heterocycles. The smallest absolute Gasteiger partial charge is 0.0593 e. The van der Waals surface area contributed by atoms with Crippen LogP contribution in [0.3, 0.4) is 0 Å². The predicted octanol–water partition coefficient (Wildman–Crippen LogP) is 2.61. The lowest BCUT2D eigenvalue weighted by Crippen LogP contribution is -2.27. The second-order valence-electron chi connectivity index (χ2n) is 4.80. The highest BCUT2D eigenvalue weighted by Gasteiger charge is 2.19. The van der Waals surface area contributed by atoms with Crippen molar-refractivity contribution in [3.8, 4) is 0 Å². The van der Waals surface area contributed by atoms with Gasteiger partial charge >= 0.3 is 0 Å². The molecule has 0 amide bonds. The van der Waals surface area contributed by atoms with Crippen LogP contribution in [-0.4, -0.2) is 24.7 Å². The van der Waals surface area contributed by atoms with Crippen LogP contribution in [0, 0.1) is 6.92 Å². The van der Waals surface area contributed by atoms with Gasteiger partial charge in [0.15, 0.2) is 0 Å². The fourth-order valence-corrected chi connectivity index (χ4v) is 2.36. The third-order valence-electron chi connectivity index (χ3n) is 3.46. The molecule has 2 heterocycles. The van der Waals surface area contributed by atoms with Gasteiger partial charge in [-0.1, -0.05) is 6.07 Å². The molecule has 0 saturated carbocycles. The van der Waals surface area contributed by atoms with Gasteiger partial charge in [0.05, 0.1) is 6.10 Å². The van der Waals surface area contributed by atoms with Crippen molar-refractivity contribution >= 4 is 0 Å². The first-order chi connectivity index (χ1) is 8.29. The van der Waals surface area contributed by atoms with E-state index in [9.17, 15) is 0 Å². The molecule has 2 rings (SSSR count). The molecule has 94 valence electrons. The highest BCUT2D eigenvalue weighted by molar-refractivity contribution is 5.17. The molecule has 1 fully saturated rings. The topological polar surface area (TPSA) is 34.1 Å². The van der Waals surface area contributed by atoms with Gasteiger partial charge in [-0.25, -0.2) is 0 Å². The third-order valence-corrected chi connectivity index (χ3v) is 3.46. The van der Waals surface area contributed by atoms with E-state index in [0.717, 1.165) is 18.7 Å². The van der Waals surface area contributed by atoms with Crippen LogP contribution in [0.15, 0.2) is 18.3 Å². The lowest BCUT2D eigenvalue weighted by molar-refractivity contribution is 0.00546. The number of nitrogens with zero attached hydrogens (tertiary/aromatic N) is 1. The Labute approximate surface area is 104 Å². The van der Waals surface area contributed by atoms with Crippen molar-refractivity contribution in [3.63, 3.8) is 0 Å². The average Bonchev–Trinajstić information content (AvgIpc) is 2.38. The van der Waals surface area contributed by atoms with Crippen molar-refractivity contribution in [1.82, 2.24) is 10.3 Å². The van der Waals surface area contributed by atoms with E-state index in [1.165, 1.54) is 24.8 Å². The van der Waals surface area contributed by atoms with Gasteiger partial charge in [-0.05, 0) is 51.3 Å². The number of pyridine rings is 1. The number of nitrogens with one attached hydrogen (secondary N) is 1.